The Morgan fingerprint density at radius 1 is 1.04 bits per heavy atom. The molecule has 0 heterocycles. The summed E-state index contributed by atoms with van der Waals surface area (Å²) >= 11 is 0. The highest BCUT2D eigenvalue weighted by atomic mass is 16.5. The molecule has 0 aliphatic carbocycles. The Kier molecular flexibility index (Phi) is 8.63. The molecule has 26 heavy (non-hydrogen) atoms. The molecule has 0 aromatic heterocycles. The van der Waals surface area contributed by atoms with Crippen LogP contribution in [0.15, 0.2) is 47.6 Å². The van der Waals surface area contributed by atoms with Crippen molar-refractivity contribution in [3.8, 4) is 5.75 Å². The largest absolute Gasteiger partial charge is 0.496 e. The van der Waals surface area contributed by atoms with E-state index in [4.69, 9.17) is 9.47 Å². The molecule has 1 rings (SSSR count). The van der Waals surface area contributed by atoms with Crippen LogP contribution < -0.4 is 4.74 Å². The maximum atomic E-state index is 10.7. The van der Waals surface area contributed by atoms with Crippen LogP contribution in [0.3, 0.4) is 0 Å². The minimum atomic E-state index is -0.265. The quantitative estimate of drug-likeness (QED) is 0.469. The van der Waals surface area contributed by atoms with E-state index in [9.17, 15) is 4.79 Å². The molecule has 0 spiro atoms. The molecule has 0 N–H and O–H groups in total. The molecule has 1 aromatic rings. The third kappa shape index (κ3) is 6.75. The zero-order valence-electron chi connectivity index (χ0n) is 17.0. The van der Waals surface area contributed by atoms with Gasteiger partial charge in [0.05, 0.1) is 7.11 Å². The normalized spacial score (nSPS) is 12.9. The fourth-order valence-electron chi connectivity index (χ4n) is 2.51. The lowest BCUT2D eigenvalue weighted by Gasteiger charge is -2.13. The number of benzene rings is 1. The molecule has 140 valence electrons. The summed E-state index contributed by atoms with van der Waals surface area (Å²) in [5.41, 5.74) is 7.06. The van der Waals surface area contributed by atoms with Gasteiger partial charge < -0.3 is 9.47 Å². The van der Waals surface area contributed by atoms with E-state index < -0.39 is 0 Å². The van der Waals surface area contributed by atoms with Crippen LogP contribution in [0, 0.1) is 20.8 Å². The van der Waals surface area contributed by atoms with E-state index in [1.807, 2.05) is 25.2 Å². The molecule has 0 saturated carbocycles. The predicted octanol–water partition coefficient (Wildman–Crippen LogP) is 5.65. The Bertz CT molecular complexity index is 762. The van der Waals surface area contributed by atoms with E-state index in [1.165, 1.54) is 29.2 Å². The number of ether oxygens (including phenoxy) is 2. The van der Waals surface area contributed by atoms with Gasteiger partial charge in [-0.3, -0.25) is 4.79 Å². The lowest BCUT2D eigenvalue weighted by Crippen LogP contribution is -1.97. The zero-order chi connectivity index (χ0) is 19.7. The topological polar surface area (TPSA) is 35.5 Å². The van der Waals surface area contributed by atoms with E-state index in [2.05, 4.69) is 52.0 Å². The lowest BCUT2D eigenvalue weighted by molar-refractivity contribution is -0.139. The monoisotopic (exact) mass is 354 g/mol. The van der Waals surface area contributed by atoms with Gasteiger partial charge in [-0.1, -0.05) is 41.5 Å². The first-order chi connectivity index (χ1) is 12.3. The average Bonchev–Trinajstić information content (AvgIpc) is 2.57. The summed E-state index contributed by atoms with van der Waals surface area (Å²) in [6, 6.07) is 2.08. The Balaban J connectivity index is 2.83. The minimum Gasteiger partial charge on any atom is -0.496 e. The number of hydrogen-bond acceptors (Lipinski definition) is 3. The molecule has 0 aliphatic heterocycles. The summed E-state index contributed by atoms with van der Waals surface area (Å²) in [6.07, 6.45) is 12.2. The summed E-state index contributed by atoms with van der Waals surface area (Å²) in [6.45, 7) is 12.1. The average molecular weight is 354 g/mol. The van der Waals surface area contributed by atoms with Crippen molar-refractivity contribution in [1.29, 1.82) is 0 Å². The molecular formula is C23H30O3. The molecular weight excluding hydrogens is 324 g/mol. The summed E-state index contributed by atoms with van der Waals surface area (Å²) in [5.74, 6) is 0.668. The van der Waals surface area contributed by atoms with Gasteiger partial charge in [0, 0.05) is 6.92 Å². The second-order valence-electron chi connectivity index (χ2n) is 6.41. The van der Waals surface area contributed by atoms with Crippen molar-refractivity contribution < 1.29 is 14.3 Å². The summed E-state index contributed by atoms with van der Waals surface area (Å²) in [7, 11) is 1.71. The first-order valence-corrected chi connectivity index (χ1v) is 8.74. The van der Waals surface area contributed by atoms with Crippen LogP contribution in [0.4, 0.5) is 0 Å². The van der Waals surface area contributed by atoms with Gasteiger partial charge in [-0.05, 0) is 69.0 Å². The van der Waals surface area contributed by atoms with Crippen molar-refractivity contribution in [2.45, 2.75) is 41.5 Å². The number of methoxy groups -OCH3 is 1. The predicted molar refractivity (Wildman–Crippen MR) is 110 cm³/mol. The Morgan fingerprint density at radius 2 is 1.73 bits per heavy atom. The number of carbonyl (C=O) groups excluding carboxylic acids is 1. The highest BCUT2D eigenvalue weighted by Gasteiger charge is 2.08. The van der Waals surface area contributed by atoms with Crippen LogP contribution >= 0.6 is 0 Å². The number of aryl methyl sites for hydroxylation is 1. The molecule has 1 aromatic carbocycles. The molecule has 3 nitrogen and oxygen atoms in total. The fourth-order valence-corrected chi connectivity index (χ4v) is 2.51. The second-order valence-corrected chi connectivity index (χ2v) is 6.41. The molecule has 0 fully saturated rings. The van der Waals surface area contributed by atoms with Crippen LogP contribution in [0.1, 0.15) is 43.0 Å². The number of carbonyl (C=O) groups is 1. The standard InChI is InChI=1S/C23H30O3/c1-16(9-8-10-17(2)13-14-26-21(6)24)11-12-22-18(3)15-23(25-7)20(5)19(22)4/h8-13,15H,14H2,1-7H3/b10-8+,12-11+,16-9+,17-13+. The minimum absolute atomic E-state index is 0.265. The lowest BCUT2D eigenvalue weighted by atomic mass is 9.96. The molecule has 0 atom stereocenters. The van der Waals surface area contributed by atoms with Crippen molar-refractivity contribution in [3.05, 3.63) is 69.8 Å². The number of esters is 1. The molecule has 0 bridgehead atoms. The van der Waals surface area contributed by atoms with Gasteiger partial charge in [0.25, 0.3) is 0 Å². The van der Waals surface area contributed by atoms with Gasteiger partial charge in [-0.25, -0.2) is 0 Å². The molecule has 0 unspecified atom stereocenters. The van der Waals surface area contributed by atoms with Crippen molar-refractivity contribution in [2.24, 2.45) is 0 Å². The molecule has 3 heteroatoms. The molecule has 0 amide bonds. The molecule has 0 saturated heterocycles. The highest BCUT2D eigenvalue weighted by Crippen LogP contribution is 2.28. The van der Waals surface area contributed by atoms with E-state index in [1.54, 1.807) is 7.11 Å². The van der Waals surface area contributed by atoms with Crippen LogP contribution in [0.2, 0.25) is 0 Å². The van der Waals surface area contributed by atoms with Crippen molar-refractivity contribution in [2.75, 3.05) is 13.7 Å². The van der Waals surface area contributed by atoms with E-state index in [-0.39, 0.29) is 5.97 Å². The van der Waals surface area contributed by atoms with Crippen molar-refractivity contribution in [1.82, 2.24) is 0 Å². The van der Waals surface area contributed by atoms with Gasteiger partial charge >= 0.3 is 5.97 Å². The first-order valence-electron chi connectivity index (χ1n) is 8.74. The van der Waals surface area contributed by atoms with Crippen LogP contribution in [-0.2, 0) is 9.53 Å². The van der Waals surface area contributed by atoms with Crippen LogP contribution in [0.5, 0.6) is 5.75 Å². The van der Waals surface area contributed by atoms with E-state index in [0.717, 1.165) is 16.9 Å². The SMILES string of the molecule is COc1cc(C)c(/C=C/C(C)=C/C=C/C(C)=C/COC(C)=O)c(C)c1C. The number of hydrogen-bond donors (Lipinski definition) is 0. The number of rotatable bonds is 7. The van der Waals surface area contributed by atoms with E-state index >= 15 is 0 Å². The van der Waals surface area contributed by atoms with Gasteiger partial charge in [-0.15, -0.1) is 0 Å². The Hall–Kier alpha value is -2.55. The first kappa shape index (κ1) is 21.5. The molecule has 0 radical (unpaired) electrons. The Labute approximate surface area is 157 Å². The third-order valence-electron chi connectivity index (χ3n) is 4.25. The smallest absolute Gasteiger partial charge is 0.302 e. The summed E-state index contributed by atoms with van der Waals surface area (Å²) in [4.78, 5) is 10.7. The summed E-state index contributed by atoms with van der Waals surface area (Å²) < 4.78 is 10.3. The van der Waals surface area contributed by atoms with E-state index in [0.29, 0.717) is 6.61 Å². The van der Waals surface area contributed by atoms with Crippen LogP contribution in [0.25, 0.3) is 6.08 Å². The van der Waals surface area contributed by atoms with Crippen molar-refractivity contribution in [3.63, 3.8) is 0 Å². The van der Waals surface area contributed by atoms with Gasteiger partial charge in [0.1, 0.15) is 12.4 Å². The fraction of sp³-hybridized carbons (Fsp3) is 0.348. The third-order valence-corrected chi connectivity index (χ3v) is 4.25. The Morgan fingerprint density at radius 3 is 2.35 bits per heavy atom. The van der Waals surface area contributed by atoms with Gasteiger partial charge in [0.15, 0.2) is 0 Å². The number of allylic oxidation sites excluding steroid dienone is 6. The maximum absolute atomic E-state index is 10.7. The van der Waals surface area contributed by atoms with Gasteiger partial charge in [-0.2, -0.15) is 0 Å². The van der Waals surface area contributed by atoms with Gasteiger partial charge in [0.2, 0.25) is 0 Å². The maximum Gasteiger partial charge on any atom is 0.302 e. The molecule has 0 aliphatic rings. The zero-order valence-corrected chi connectivity index (χ0v) is 17.0. The van der Waals surface area contributed by atoms with Crippen molar-refractivity contribution >= 4 is 12.0 Å². The highest BCUT2D eigenvalue weighted by molar-refractivity contribution is 5.66. The van der Waals surface area contributed by atoms with Crippen LogP contribution in [-0.4, -0.2) is 19.7 Å². The summed E-state index contributed by atoms with van der Waals surface area (Å²) in [5, 5.41) is 0. The second kappa shape index (κ2) is 10.4.